The molecule has 0 saturated heterocycles. The molecule has 0 fully saturated rings. The number of ether oxygens (including phenoxy) is 1. The third-order valence-corrected chi connectivity index (χ3v) is 5.91. The average molecular weight is 471 g/mol. The Balaban J connectivity index is 1.89. The number of hydrogen-bond donors (Lipinski definition) is 1. The molecule has 2 aromatic carbocycles. The van der Waals surface area contributed by atoms with E-state index in [0.717, 1.165) is 12.1 Å². The Bertz CT molecular complexity index is 1240. The van der Waals surface area contributed by atoms with Crippen LogP contribution in [0, 0.1) is 22.6 Å². The second-order valence-electron chi connectivity index (χ2n) is 9.07. The zero-order valence-electron chi connectivity index (χ0n) is 18.4. The Morgan fingerprint density at radius 2 is 1.71 bits per heavy atom. The van der Waals surface area contributed by atoms with E-state index in [9.17, 15) is 27.6 Å². The summed E-state index contributed by atoms with van der Waals surface area (Å²) in [5, 5.41) is 10.00. The molecule has 2 N–H and O–H groups in total. The quantitative estimate of drug-likeness (QED) is 0.584. The lowest BCUT2D eigenvalue weighted by Gasteiger charge is -2.43. The maximum atomic E-state index is 13.6. The van der Waals surface area contributed by atoms with Gasteiger partial charge in [0.2, 0.25) is 0 Å². The highest BCUT2D eigenvalue weighted by atomic mass is 19.4. The zero-order chi connectivity index (χ0) is 24.8. The van der Waals surface area contributed by atoms with E-state index in [1.807, 2.05) is 13.8 Å². The van der Waals surface area contributed by atoms with Gasteiger partial charge in [-0.1, -0.05) is 26.0 Å². The first-order valence-corrected chi connectivity index (χ1v) is 10.5. The number of ketones is 1. The van der Waals surface area contributed by atoms with E-state index >= 15 is 0 Å². The van der Waals surface area contributed by atoms with Crippen molar-refractivity contribution in [2.24, 2.45) is 11.1 Å². The lowest BCUT2D eigenvalue weighted by Crippen LogP contribution is -2.42. The number of rotatable bonds is 3. The van der Waals surface area contributed by atoms with Gasteiger partial charge in [0.1, 0.15) is 17.4 Å². The highest BCUT2D eigenvalue weighted by Gasteiger charge is 2.44. The van der Waals surface area contributed by atoms with Gasteiger partial charge in [0.05, 0.1) is 17.6 Å². The summed E-state index contributed by atoms with van der Waals surface area (Å²) >= 11 is 0. The Morgan fingerprint density at radius 3 is 2.26 bits per heavy atom. The van der Waals surface area contributed by atoms with E-state index in [4.69, 9.17) is 5.73 Å². The Morgan fingerprint density at radius 1 is 1.09 bits per heavy atom. The minimum absolute atomic E-state index is 0.0607. The van der Waals surface area contributed by atoms with Gasteiger partial charge in [-0.3, -0.25) is 9.69 Å². The van der Waals surface area contributed by atoms with Crippen molar-refractivity contribution in [1.29, 1.82) is 5.26 Å². The summed E-state index contributed by atoms with van der Waals surface area (Å²) in [6.07, 6.45) is -4.15. The predicted molar refractivity (Wildman–Crippen MR) is 117 cm³/mol. The number of allylic oxidation sites excluding steroid dienone is 3. The molecule has 2 aliphatic rings. The van der Waals surface area contributed by atoms with Crippen molar-refractivity contribution in [3.8, 4) is 11.8 Å². The van der Waals surface area contributed by atoms with Crippen molar-refractivity contribution in [1.82, 2.24) is 0 Å². The summed E-state index contributed by atoms with van der Waals surface area (Å²) in [6, 6.07) is 12.7. The number of benzene rings is 2. The van der Waals surface area contributed by atoms with Crippen molar-refractivity contribution in [2.45, 2.75) is 39.0 Å². The van der Waals surface area contributed by atoms with Crippen LogP contribution in [0.15, 0.2) is 71.2 Å². The summed E-state index contributed by atoms with van der Waals surface area (Å²) in [5.74, 6) is -1.74. The van der Waals surface area contributed by atoms with Gasteiger partial charge in [-0.25, -0.2) is 4.39 Å². The van der Waals surface area contributed by atoms with E-state index in [1.54, 1.807) is 4.90 Å². The molecule has 1 aliphatic carbocycles. The molecule has 0 amide bonds. The molecule has 9 heteroatoms. The zero-order valence-corrected chi connectivity index (χ0v) is 18.4. The van der Waals surface area contributed by atoms with E-state index in [2.05, 4.69) is 10.8 Å². The van der Waals surface area contributed by atoms with Crippen LogP contribution < -0.4 is 15.4 Å². The van der Waals surface area contributed by atoms with Crippen molar-refractivity contribution in [2.75, 3.05) is 4.90 Å². The van der Waals surface area contributed by atoms with Crippen molar-refractivity contribution < 1.29 is 27.1 Å². The van der Waals surface area contributed by atoms with Gasteiger partial charge < -0.3 is 10.5 Å². The topological polar surface area (TPSA) is 79.3 Å². The van der Waals surface area contributed by atoms with Gasteiger partial charge in [0, 0.05) is 23.4 Å². The minimum Gasteiger partial charge on any atom is -0.406 e. The van der Waals surface area contributed by atoms with Gasteiger partial charge in [-0.05, 0) is 53.8 Å². The number of hydrogen-bond acceptors (Lipinski definition) is 5. The number of nitrogens with zero attached hydrogens (tertiary/aromatic N) is 2. The van der Waals surface area contributed by atoms with Crippen LogP contribution in [0.2, 0.25) is 0 Å². The van der Waals surface area contributed by atoms with E-state index in [1.165, 1.54) is 36.4 Å². The van der Waals surface area contributed by atoms with E-state index < -0.39 is 29.3 Å². The van der Waals surface area contributed by atoms with Crippen LogP contribution in [0.1, 0.15) is 38.2 Å². The number of anilines is 1. The molecule has 2 aromatic rings. The molecule has 5 nitrogen and oxygen atoms in total. The van der Waals surface area contributed by atoms with Crippen LogP contribution in [0.3, 0.4) is 0 Å². The van der Waals surface area contributed by atoms with Gasteiger partial charge in [0.15, 0.2) is 5.78 Å². The first-order chi connectivity index (χ1) is 15.9. The number of Topliss-reactive ketones (excluding diaryl/α,β-unsaturated/α-hetero) is 1. The minimum atomic E-state index is -4.84. The fourth-order valence-electron chi connectivity index (χ4n) is 4.59. The highest BCUT2D eigenvalue weighted by molar-refractivity contribution is 6.01. The average Bonchev–Trinajstić information content (AvgIpc) is 2.72. The van der Waals surface area contributed by atoms with Crippen molar-refractivity contribution in [3.05, 3.63) is 82.6 Å². The van der Waals surface area contributed by atoms with Crippen LogP contribution in [0.5, 0.6) is 5.75 Å². The fourth-order valence-corrected chi connectivity index (χ4v) is 4.59. The molecule has 1 atom stereocenters. The number of alkyl halides is 3. The molecule has 4 rings (SSSR count). The summed E-state index contributed by atoms with van der Waals surface area (Å²) < 4.78 is 55.2. The maximum absolute atomic E-state index is 13.6. The van der Waals surface area contributed by atoms with Gasteiger partial charge in [-0.2, -0.15) is 5.26 Å². The van der Waals surface area contributed by atoms with Crippen molar-refractivity contribution in [3.63, 3.8) is 0 Å². The number of carbonyl (C=O) groups excluding carboxylic acids is 1. The standard InChI is InChI=1S/C25H21F4N3O2/c1-24(2)11-19-22(20(33)12-24)21(14-3-5-15(26)6-4-14)18(13-30)23(31)32(19)16-7-9-17(10-8-16)34-25(27,28)29/h3-10,21H,11-12,31H2,1-2H3. The molecule has 34 heavy (non-hydrogen) atoms. The Hall–Kier alpha value is -3.80. The van der Waals surface area contributed by atoms with Gasteiger partial charge >= 0.3 is 6.36 Å². The largest absolute Gasteiger partial charge is 0.573 e. The number of nitrogens with two attached hydrogens (primary N) is 1. The van der Waals surface area contributed by atoms with Crippen LogP contribution in [-0.4, -0.2) is 12.1 Å². The maximum Gasteiger partial charge on any atom is 0.573 e. The summed E-state index contributed by atoms with van der Waals surface area (Å²) in [4.78, 5) is 14.9. The summed E-state index contributed by atoms with van der Waals surface area (Å²) in [7, 11) is 0. The van der Waals surface area contributed by atoms with Crippen molar-refractivity contribution >= 4 is 11.5 Å². The summed E-state index contributed by atoms with van der Waals surface area (Å²) in [5.41, 5.74) is 8.03. The fraction of sp³-hybridized carbons (Fsp3) is 0.280. The third-order valence-electron chi connectivity index (χ3n) is 5.91. The molecule has 176 valence electrons. The molecule has 0 saturated carbocycles. The molecule has 1 aliphatic heterocycles. The van der Waals surface area contributed by atoms with Crippen LogP contribution in [0.4, 0.5) is 23.2 Å². The van der Waals surface area contributed by atoms with E-state index in [0.29, 0.717) is 28.9 Å². The first kappa shape index (κ1) is 23.4. The van der Waals surface area contributed by atoms with Gasteiger partial charge in [0.25, 0.3) is 0 Å². The normalized spacial score (nSPS) is 20.2. The highest BCUT2D eigenvalue weighted by Crippen LogP contribution is 2.50. The Kier molecular flexibility index (Phi) is 5.64. The lowest BCUT2D eigenvalue weighted by molar-refractivity contribution is -0.274. The second-order valence-corrected chi connectivity index (χ2v) is 9.07. The molecular formula is C25H21F4N3O2. The predicted octanol–water partition coefficient (Wildman–Crippen LogP) is 5.67. The van der Waals surface area contributed by atoms with Crippen LogP contribution in [-0.2, 0) is 4.79 Å². The SMILES string of the molecule is CC1(C)CC(=O)C2=C(C1)N(c1ccc(OC(F)(F)F)cc1)C(N)=C(C#N)C2c1ccc(F)cc1. The molecule has 1 unspecified atom stereocenters. The van der Waals surface area contributed by atoms with Crippen LogP contribution in [0.25, 0.3) is 0 Å². The number of nitriles is 1. The molecule has 0 aromatic heterocycles. The molecule has 0 spiro atoms. The van der Waals surface area contributed by atoms with Crippen LogP contribution >= 0.6 is 0 Å². The van der Waals surface area contributed by atoms with Gasteiger partial charge in [-0.15, -0.1) is 13.2 Å². The second kappa shape index (κ2) is 8.20. The first-order valence-electron chi connectivity index (χ1n) is 10.5. The summed E-state index contributed by atoms with van der Waals surface area (Å²) in [6.45, 7) is 3.86. The molecular weight excluding hydrogens is 450 g/mol. The third kappa shape index (κ3) is 4.36. The molecule has 0 bridgehead atoms. The number of halogens is 4. The van der Waals surface area contributed by atoms with E-state index in [-0.39, 0.29) is 23.6 Å². The lowest BCUT2D eigenvalue weighted by atomic mass is 9.68. The molecule has 0 radical (unpaired) electrons. The monoisotopic (exact) mass is 471 g/mol. The number of carbonyl (C=O) groups is 1. The Labute approximate surface area is 193 Å². The smallest absolute Gasteiger partial charge is 0.406 e. The molecule has 1 heterocycles.